The second kappa shape index (κ2) is 11.2. The van der Waals surface area contributed by atoms with Crippen molar-refractivity contribution in [3.63, 3.8) is 0 Å². The predicted molar refractivity (Wildman–Crippen MR) is 163 cm³/mol. The molecule has 0 saturated heterocycles. The van der Waals surface area contributed by atoms with Crippen LogP contribution in [-0.2, 0) is 0 Å². The summed E-state index contributed by atoms with van der Waals surface area (Å²) in [6.07, 6.45) is 1.92. The summed E-state index contributed by atoms with van der Waals surface area (Å²) in [7, 11) is 0. The molecule has 3 heteroatoms. The first-order valence-electron chi connectivity index (χ1n) is 13.0. The van der Waals surface area contributed by atoms with Crippen LogP contribution in [0.4, 0.5) is 28.4 Å². The van der Waals surface area contributed by atoms with E-state index in [9.17, 15) is 0 Å². The van der Waals surface area contributed by atoms with Gasteiger partial charge in [-0.1, -0.05) is 83.9 Å². The van der Waals surface area contributed by atoms with Gasteiger partial charge in [-0.05, 0) is 92.9 Å². The lowest BCUT2D eigenvalue weighted by molar-refractivity contribution is 1.09. The van der Waals surface area contributed by atoms with Gasteiger partial charge in [0.25, 0.3) is 0 Å². The fourth-order valence-corrected chi connectivity index (χ4v) is 4.78. The van der Waals surface area contributed by atoms with E-state index < -0.39 is 0 Å². The van der Waals surface area contributed by atoms with E-state index in [1.807, 2.05) is 47.6 Å². The zero-order valence-corrected chi connectivity index (χ0v) is 22.5. The Labute approximate surface area is 226 Å². The minimum Gasteiger partial charge on any atom is -0.310 e. The fraction of sp³-hybridized carbons (Fsp3) is 0.114. The molecule has 5 aromatic carbocycles. The van der Waals surface area contributed by atoms with Crippen molar-refractivity contribution in [3.05, 3.63) is 149 Å². The molecule has 0 fully saturated rings. The average Bonchev–Trinajstić information content (AvgIpc) is 2.93. The Bertz CT molecular complexity index is 1450. The molecule has 0 aliphatic heterocycles. The normalized spacial score (nSPS) is 11.1. The van der Waals surface area contributed by atoms with E-state index in [4.69, 9.17) is 5.10 Å². The molecule has 188 valence electrons. The van der Waals surface area contributed by atoms with Crippen molar-refractivity contribution in [3.8, 4) is 0 Å². The van der Waals surface area contributed by atoms with Crippen LogP contribution < -0.4 is 9.91 Å². The van der Waals surface area contributed by atoms with Crippen LogP contribution >= 0.6 is 0 Å². The Morgan fingerprint density at radius 1 is 0.500 bits per heavy atom. The van der Waals surface area contributed by atoms with Crippen molar-refractivity contribution in [1.82, 2.24) is 0 Å². The maximum Gasteiger partial charge on any atom is 0.0652 e. The van der Waals surface area contributed by atoms with Crippen molar-refractivity contribution in [2.45, 2.75) is 27.7 Å². The number of anilines is 5. The van der Waals surface area contributed by atoms with Crippen molar-refractivity contribution >= 4 is 34.7 Å². The molecule has 0 spiro atoms. The molecule has 5 aromatic rings. The van der Waals surface area contributed by atoms with Crippen LogP contribution in [0.25, 0.3) is 0 Å². The van der Waals surface area contributed by atoms with Crippen LogP contribution in [-0.4, -0.2) is 6.21 Å². The Morgan fingerprint density at radius 2 is 0.974 bits per heavy atom. The van der Waals surface area contributed by atoms with E-state index in [0.717, 1.165) is 22.6 Å². The molecule has 5 rings (SSSR count). The summed E-state index contributed by atoms with van der Waals surface area (Å²) in [5.74, 6) is 0. The second-order valence-corrected chi connectivity index (χ2v) is 9.73. The van der Waals surface area contributed by atoms with Crippen LogP contribution in [0.3, 0.4) is 0 Å². The van der Waals surface area contributed by atoms with E-state index in [1.165, 1.54) is 33.6 Å². The molecule has 0 N–H and O–H groups in total. The van der Waals surface area contributed by atoms with Gasteiger partial charge < -0.3 is 4.90 Å². The first kappa shape index (κ1) is 25.0. The highest BCUT2D eigenvalue weighted by Crippen LogP contribution is 2.38. The Morgan fingerprint density at radius 3 is 1.42 bits per heavy atom. The van der Waals surface area contributed by atoms with Crippen molar-refractivity contribution in [2.24, 2.45) is 5.10 Å². The first-order chi connectivity index (χ1) is 18.5. The zero-order valence-electron chi connectivity index (χ0n) is 22.5. The van der Waals surface area contributed by atoms with Gasteiger partial charge in [-0.15, -0.1) is 0 Å². The van der Waals surface area contributed by atoms with Gasteiger partial charge in [0.2, 0.25) is 0 Å². The maximum atomic E-state index is 4.87. The topological polar surface area (TPSA) is 18.8 Å². The summed E-state index contributed by atoms with van der Waals surface area (Å²) in [5.41, 5.74) is 11.6. The third-order valence-corrected chi connectivity index (χ3v) is 6.66. The summed E-state index contributed by atoms with van der Waals surface area (Å²) in [5, 5.41) is 6.83. The van der Waals surface area contributed by atoms with Crippen molar-refractivity contribution < 1.29 is 0 Å². The smallest absolute Gasteiger partial charge is 0.0652 e. The molecule has 38 heavy (non-hydrogen) atoms. The summed E-state index contributed by atoms with van der Waals surface area (Å²) in [6.45, 7) is 8.64. The third-order valence-electron chi connectivity index (χ3n) is 6.66. The van der Waals surface area contributed by atoms with E-state index >= 15 is 0 Å². The molecular weight excluding hydrogens is 462 g/mol. The van der Waals surface area contributed by atoms with Gasteiger partial charge in [-0.3, -0.25) is 0 Å². The molecule has 0 aliphatic rings. The van der Waals surface area contributed by atoms with Crippen molar-refractivity contribution in [2.75, 3.05) is 9.91 Å². The van der Waals surface area contributed by atoms with Gasteiger partial charge in [0.15, 0.2) is 0 Å². The van der Waals surface area contributed by atoms with Gasteiger partial charge in [-0.25, -0.2) is 5.01 Å². The summed E-state index contributed by atoms with van der Waals surface area (Å²) in [4.78, 5) is 2.35. The van der Waals surface area contributed by atoms with E-state index in [1.54, 1.807) is 0 Å². The highest BCUT2D eigenvalue weighted by Gasteiger charge is 2.16. The monoisotopic (exact) mass is 495 g/mol. The molecular formula is C35H33N3. The fourth-order valence-electron chi connectivity index (χ4n) is 4.78. The summed E-state index contributed by atoms with van der Waals surface area (Å²) < 4.78 is 0. The van der Waals surface area contributed by atoms with Crippen LogP contribution in [0.5, 0.6) is 0 Å². The van der Waals surface area contributed by atoms with Gasteiger partial charge in [-0.2, -0.15) is 5.10 Å². The molecule has 0 amide bonds. The molecule has 0 radical (unpaired) electrons. The number of rotatable bonds is 7. The lowest BCUT2D eigenvalue weighted by Crippen LogP contribution is -2.13. The number of para-hydroxylation sites is 2. The lowest BCUT2D eigenvalue weighted by atomic mass is 10.0. The van der Waals surface area contributed by atoms with Gasteiger partial charge in [0, 0.05) is 17.1 Å². The van der Waals surface area contributed by atoms with Gasteiger partial charge in [0.05, 0.1) is 17.6 Å². The lowest BCUT2D eigenvalue weighted by Gasteiger charge is -2.29. The standard InChI is InChI=1S/C35H33N3/c1-26-15-21-34(28(3)23-26)37(35-22-16-27(2)24-29(35)4)31-19-17-30(18-20-31)25-36-38(32-11-7-5-8-12-32)33-13-9-6-10-14-33/h5-25H,1-4H3/b36-25+. The molecule has 3 nitrogen and oxygen atoms in total. The molecule has 0 aromatic heterocycles. The Balaban J connectivity index is 1.50. The van der Waals surface area contributed by atoms with Crippen LogP contribution in [0.1, 0.15) is 27.8 Å². The van der Waals surface area contributed by atoms with Gasteiger partial charge in [0.1, 0.15) is 0 Å². The van der Waals surface area contributed by atoms with Gasteiger partial charge >= 0.3 is 0 Å². The Hall–Kier alpha value is -4.63. The predicted octanol–water partition coefficient (Wildman–Crippen LogP) is 9.56. The zero-order chi connectivity index (χ0) is 26.5. The minimum absolute atomic E-state index is 1.02. The number of nitrogens with zero attached hydrogens (tertiary/aromatic N) is 3. The summed E-state index contributed by atoms with van der Waals surface area (Å²) in [6, 6.07) is 42.4. The summed E-state index contributed by atoms with van der Waals surface area (Å²) >= 11 is 0. The van der Waals surface area contributed by atoms with Crippen LogP contribution in [0.2, 0.25) is 0 Å². The quantitative estimate of drug-likeness (QED) is 0.165. The molecule has 0 saturated carbocycles. The second-order valence-electron chi connectivity index (χ2n) is 9.73. The Kier molecular flexibility index (Phi) is 7.37. The average molecular weight is 496 g/mol. The largest absolute Gasteiger partial charge is 0.310 e. The highest BCUT2D eigenvalue weighted by molar-refractivity contribution is 5.85. The van der Waals surface area contributed by atoms with E-state index in [2.05, 4.69) is 118 Å². The highest BCUT2D eigenvalue weighted by atomic mass is 15.5. The number of hydrazone groups is 1. The number of hydrogen-bond acceptors (Lipinski definition) is 3. The van der Waals surface area contributed by atoms with Crippen molar-refractivity contribution in [1.29, 1.82) is 0 Å². The minimum atomic E-state index is 1.02. The molecule has 0 atom stereocenters. The first-order valence-corrected chi connectivity index (χ1v) is 13.0. The number of benzene rings is 5. The molecule has 0 bridgehead atoms. The third kappa shape index (κ3) is 5.52. The SMILES string of the molecule is Cc1ccc(N(c2ccc(/C=N/N(c3ccccc3)c3ccccc3)cc2)c2ccc(C)cc2C)c(C)c1. The maximum absolute atomic E-state index is 4.87. The number of aryl methyl sites for hydroxylation is 4. The van der Waals surface area contributed by atoms with E-state index in [-0.39, 0.29) is 0 Å². The molecule has 0 heterocycles. The molecule has 0 unspecified atom stereocenters. The number of hydrogen-bond donors (Lipinski definition) is 0. The molecule has 0 aliphatic carbocycles. The van der Waals surface area contributed by atoms with Crippen LogP contribution in [0.15, 0.2) is 126 Å². The van der Waals surface area contributed by atoms with E-state index in [0.29, 0.717) is 0 Å². The van der Waals surface area contributed by atoms with Crippen LogP contribution in [0, 0.1) is 27.7 Å².